The van der Waals surface area contributed by atoms with E-state index in [0.29, 0.717) is 17.8 Å². The van der Waals surface area contributed by atoms with Gasteiger partial charge in [-0.05, 0) is 79.4 Å². The minimum Gasteiger partial charge on any atom is -0.393 e. The van der Waals surface area contributed by atoms with Crippen LogP contribution in [0.5, 0.6) is 0 Å². The molecule has 1 nitrogen and oxygen atoms in total. The Morgan fingerprint density at radius 3 is 2.23 bits per heavy atom. The molecule has 35 heavy (non-hydrogen) atoms. The number of halogens is 3. The Morgan fingerprint density at radius 2 is 1.63 bits per heavy atom. The van der Waals surface area contributed by atoms with Crippen LogP contribution in [0.15, 0.2) is 35.5 Å². The summed E-state index contributed by atoms with van der Waals surface area (Å²) in [4.78, 5) is 0. The average molecular weight is 499 g/mol. The van der Waals surface area contributed by atoms with Gasteiger partial charge in [0.15, 0.2) is 0 Å². The third-order valence-electron chi connectivity index (χ3n) is 8.98. The van der Waals surface area contributed by atoms with Crippen LogP contribution in [0.2, 0.25) is 0 Å². The zero-order valence-electron chi connectivity index (χ0n) is 22.6. The maximum absolute atomic E-state index is 12.5. The molecule has 0 aromatic rings. The van der Waals surface area contributed by atoms with Gasteiger partial charge in [-0.25, -0.2) is 0 Å². The summed E-state index contributed by atoms with van der Waals surface area (Å²) in [5.74, 6) is 1.99. The van der Waals surface area contributed by atoms with E-state index in [0.717, 1.165) is 38.5 Å². The highest BCUT2D eigenvalue weighted by atomic mass is 19.4. The normalized spacial score (nSPS) is 36.5. The molecule has 0 aromatic heterocycles. The number of aliphatic hydroxyl groups is 1. The standard InChI is InChI=1S/C25H35F3O.C3H8.C2H6.CH4/c1-16(5-4-12-25(26,27)28)20-8-9-21-19-7-6-17-15-18(29)10-13-23(17,2)22(19)11-14-24(20,21)3;1-3-2;1-2;/h4-6,8,16,18-19,21-22,29H,7,9-15H2,1-3H3;3H2,1-2H3;1-2H3;1H4/b5-4+;;;/t16-,18?,19?,21?,22?,23?,24?;;;/m1.../s1. The van der Waals surface area contributed by atoms with Crippen LogP contribution >= 0.6 is 0 Å². The van der Waals surface area contributed by atoms with Gasteiger partial charge in [-0.15, -0.1) is 0 Å². The van der Waals surface area contributed by atoms with Crippen molar-refractivity contribution in [2.24, 2.45) is 34.5 Å². The summed E-state index contributed by atoms with van der Waals surface area (Å²) < 4.78 is 37.6. The summed E-state index contributed by atoms with van der Waals surface area (Å²) >= 11 is 0. The zero-order chi connectivity index (χ0) is 25.7. The van der Waals surface area contributed by atoms with E-state index in [1.165, 1.54) is 30.1 Å². The second-order valence-electron chi connectivity index (χ2n) is 11.3. The van der Waals surface area contributed by atoms with Crippen molar-refractivity contribution >= 4 is 0 Å². The van der Waals surface area contributed by atoms with Gasteiger partial charge in [-0.1, -0.05) is 97.8 Å². The fraction of sp³-hybridized carbons (Fsp3) is 0.806. The van der Waals surface area contributed by atoms with Crippen molar-refractivity contribution in [3.63, 3.8) is 0 Å². The molecule has 6 unspecified atom stereocenters. The van der Waals surface area contributed by atoms with E-state index in [4.69, 9.17) is 0 Å². The first kappa shape index (κ1) is 32.0. The zero-order valence-corrected chi connectivity index (χ0v) is 22.6. The molecule has 0 saturated heterocycles. The van der Waals surface area contributed by atoms with Crippen molar-refractivity contribution in [1.82, 2.24) is 0 Å². The number of hydrogen-bond acceptors (Lipinski definition) is 1. The fourth-order valence-electron chi connectivity index (χ4n) is 7.46. The van der Waals surface area contributed by atoms with Crippen molar-refractivity contribution in [3.05, 3.63) is 35.5 Å². The van der Waals surface area contributed by atoms with Gasteiger partial charge in [0.05, 0.1) is 12.5 Å². The van der Waals surface area contributed by atoms with Gasteiger partial charge in [0, 0.05) is 0 Å². The van der Waals surface area contributed by atoms with Crippen LogP contribution in [0, 0.1) is 34.5 Å². The molecule has 0 spiro atoms. The first-order valence-electron chi connectivity index (χ1n) is 13.8. The number of aliphatic hydroxyl groups excluding tert-OH is 1. The lowest BCUT2D eigenvalue weighted by atomic mass is 9.47. The number of fused-ring (bicyclic) bond motifs is 5. The fourth-order valence-corrected chi connectivity index (χ4v) is 7.46. The average Bonchev–Trinajstić information content (AvgIpc) is 3.12. The monoisotopic (exact) mass is 498 g/mol. The summed E-state index contributed by atoms with van der Waals surface area (Å²) in [5.41, 5.74) is 3.18. The van der Waals surface area contributed by atoms with Gasteiger partial charge in [-0.3, -0.25) is 0 Å². The third-order valence-corrected chi connectivity index (χ3v) is 8.98. The van der Waals surface area contributed by atoms with Gasteiger partial charge >= 0.3 is 6.18 Å². The molecule has 2 saturated carbocycles. The van der Waals surface area contributed by atoms with Crippen molar-refractivity contribution in [2.75, 3.05) is 0 Å². The van der Waals surface area contributed by atoms with Gasteiger partial charge in [0.1, 0.15) is 0 Å². The van der Waals surface area contributed by atoms with E-state index in [1.807, 2.05) is 13.8 Å². The lowest BCUT2D eigenvalue weighted by Crippen LogP contribution is -2.50. The largest absolute Gasteiger partial charge is 0.393 e. The maximum Gasteiger partial charge on any atom is 0.392 e. The van der Waals surface area contributed by atoms with Crippen LogP contribution in [0.3, 0.4) is 0 Å². The topological polar surface area (TPSA) is 20.2 Å². The van der Waals surface area contributed by atoms with Crippen molar-refractivity contribution < 1.29 is 18.3 Å². The van der Waals surface area contributed by atoms with Gasteiger partial charge < -0.3 is 5.11 Å². The molecule has 0 radical (unpaired) electrons. The van der Waals surface area contributed by atoms with Crippen molar-refractivity contribution in [3.8, 4) is 0 Å². The van der Waals surface area contributed by atoms with Gasteiger partial charge in [0.2, 0.25) is 0 Å². The lowest BCUT2D eigenvalue weighted by Gasteiger charge is -2.58. The summed E-state index contributed by atoms with van der Waals surface area (Å²) in [6.07, 6.45) is 11.3. The first-order valence-corrected chi connectivity index (χ1v) is 13.8. The quantitative estimate of drug-likeness (QED) is 0.384. The Kier molecular flexibility index (Phi) is 11.9. The van der Waals surface area contributed by atoms with Crippen LogP contribution in [-0.2, 0) is 0 Å². The highest BCUT2D eigenvalue weighted by Crippen LogP contribution is 2.65. The van der Waals surface area contributed by atoms with Crippen molar-refractivity contribution in [2.45, 2.75) is 126 Å². The summed E-state index contributed by atoms with van der Waals surface area (Å²) in [6, 6.07) is 0. The molecule has 2 fully saturated rings. The van der Waals surface area contributed by atoms with E-state index in [2.05, 4.69) is 46.8 Å². The predicted octanol–water partition coefficient (Wildman–Crippen LogP) is 10.1. The molecule has 4 aliphatic carbocycles. The molecule has 4 aliphatic rings. The number of alkyl halides is 3. The molecule has 0 bridgehead atoms. The first-order chi connectivity index (χ1) is 16.0. The number of rotatable bonds is 3. The molecule has 0 aromatic carbocycles. The van der Waals surface area contributed by atoms with Gasteiger partial charge in [-0.2, -0.15) is 13.2 Å². The summed E-state index contributed by atoms with van der Waals surface area (Å²) in [7, 11) is 0. The third kappa shape index (κ3) is 6.84. The molecule has 4 rings (SSSR count). The van der Waals surface area contributed by atoms with Crippen LogP contribution in [-0.4, -0.2) is 17.4 Å². The Labute approximate surface area is 214 Å². The molecule has 1 N–H and O–H groups in total. The lowest BCUT2D eigenvalue weighted by molar-refractivity contribution is -0.125. The van der Waals surface area contributed by atoms with Crippen molar-refractivity contribution in [1.29, 1.82) is 0 Å². The minimum absolute atomic E-state index is 0. The second kappa shape index (κ2) is 13.0. The molecule has 7 atom stereocenters. The smallest absolute Gasteiger partial charge is 0.392 e. The van der Waals surface area contributed by atoms with Crippen LogP contribution < -0.4 is 0 Å². The van der Waals surface area contributed by atoms with E-state index in [1.54, 1.807) is 6.08 Å². The summed E-state index contributed by atoms with van der Waals surface area (Å²) in [6.45, 7) is 15.1. The maximum atomic E-state index is 12.5. The molecule has 4 heteroatoms. The Bertz CT molecular complexity index is 749. The summed E-state index contributed by atoms with van der Waals surface area (Å²) in [5, 5.41) is 10.1. The highest BCUT2D eigenvalue weighted by Gasteiger charge is 2.56. The van der Waals surface area contributed by atoms with E-state index >= 15 is 0 Å². The molecule has 0 amide bonds. The molecular weight excluding hydrogens is 445 g/mol. The molecule has 0 aliphatic heterocycles. The number of allylic oxidation sites excluding steroid dienone is 5. The van der Waals surface area contributed by atoms with Crippen LogP contribution in [0.25, 0.3) is 0 Å². The van der Waals surface area contributed by atoms with Crippen LogP contribution in [0.4, 0.5) is 13.2 Å². The highest BCUT2D eigenvalue weighted by molar-refractivity contribution is 5.32. The van der Waals surface area contributed by atoms with Crippen LogP contribution in [0.1, 0.15) is 114 Å². The molecule has 204 valence electrons. The van der Waals surface area contributed by atoms with E-state index in [9.17, 15) is 18.3 Å². The Balaban J connectivity index is 0.000000950. The number of hydrogen-bond donors (Lipinski definition) is 1. The minimum atomic E-state index is -4.13. The molecule has 0 heterocycles. The van der Waals surface area contributed by atoms with E-state index in [-0.39, 0.29) is 30.3 Å². The second-order valence-corrected chi connectivity index (χ2v) is 11.3. The van der Waals surface area contributed by atoms with Gasteiger partial charge in [0.25, 0.3) is 0 Å². The predicted molar refractivity (Wildman–Crippen MR) is 144 cm³/mol. The Hall–Kier alpha value is -1.03. The SMILES string of the molecule is C.CC.CCC.C[C@H](/C=C/CC(F)(F)F)C1=CCC2C3CC=C4CC(O)CCC4(C)C3CCC12C. The Morgan fingerprint density at radius 1 is 1.03 bits per heavy atom. The molecular formula is C31H53F3O. The van der Waals surface area contributed by atoms with E-state index < -0.39 is 12.6 Å².